The lowest BCUT2D eigenvalue weighted by Crippen LogP contribution is -2.14. The highest BCUT2D eigenvalue weighted by molar-refractivity contribution is 7.98. The second-order valence-electron chi connectivity index (χ2n) is 4.21. The zero-order valence-electron chi connectivity index (χ0n) is 10.9. The summed E-state index contributed by atoms with van der Waals surface area (Å²) in [6.07, 6.45) is 2.00. The summed E-state index contributed by atoms with van der Waals surface area (Å²) in [5.74, 6) is -0.136. The molecule has 0 aliphatic rings. The van der Waals surface area contributed by atoms with Gasteiger partial charge in [-0.2, -0.15) is 0 Å². The van der Waals surface area contributed by atoms with E-state index in [2.05, 4.69) is 5.32 Å². The molecule has 0 fully saturated rings. The summed E-state index contributed by atoms with van der Waals surface area (Å²) in [6.45, 7) is 1.85. The molecule has 0 saturated heterocycles. The van der Waals surface area contributed by atoms with Crippen molar-refractivity contribution in [3.8, 4) is 0 Å². The van der Waals surface area contributed by atoms with E-state index in [1.807, 2.05) is 37.4 Å². The average Bonchev–Trinajstić information content (AvgIpc) is 2.42. The van der Waals surface area contributed by atoms with Gasteiger partial charge in [0.25, 0.3) is 5.91 Å². The molecule has 0 aliphatic heterocycles. The van der Waals surface area contributed by atoms with Crippen molar-refractivity contribution in [1.82, 2.24) is 0 Å². The summed E-state index contributed by atoms with van der Waals surface area (Å²) in [5.41, 5.74) is 8.65. The van der Waals surface area contributed by atoms with Crippen LogP contribution in [-0.2, 0) is 0 Å². The average molecular weight is 272 g/mol. The van der Waals surface area contributed by atoms with E-state index >= 15 is 0 Å². The molecule has 98 valence electrons. The van der Waals surface area contributed by atoms with Crippen LogP contribution in [-0.4, -0.2) is 12.2 Å². The second kappa shape index (κ2) is 5.80. The highest BCUT2D eigenvalue weighted by atomic mass is 32.2. The third-order valence-electron chi connectivity index (χ3n) is 2.95. The normalized spacial score (nSPS) is 10.2. The Morgan fingerprint density at radius 1 is 1.21 bits per heavy atom. The van der Waals surface area contributed by atoms with Crippen molar-refractivity contribution in [3.05, 3.63) is 53.6 Å². The van der Waals surface area contributed by atoms with Crippen molar-refractivity contribution >= 4 is 29.0 Å². The fraction of sp³-hybridized carbons (Fsp3) is 0.133. The predicted octanol–water partition coefficient (Wildman–Crippen LogP) is 3.55. The van der Waals surface area contributed by atoms with E-state index in [0.717, 1.165) is 16.1 Å². The number of benzene rings is 2. The Morgan fingerprint density at radius 3 is 2.68 bits per heavy atom. The molecule has 0 atom stereocenters. The Balaban J connectivity index is 2.23. The fourth-order valence-electron chi connectivity index (χ4n) is 1.80. The number of nitrogens with one attached hydrogen (secondary N) is 1. The van der Waals surface area contributed by atoms with Gasteiger partial charge in [0.15, 0.2) is 0 Å². The molecule has 1 amide bonds. The quantitative estimate of drug-likeness (QED) is 0.663. The molecule has 0 saturated carbocycles. The van der Waals surface area contributed by atoms with Crippen LogP contribution < -0.4 is 11.1 Å². The molecule has 19 heavy (non-hydrogen) atoms. The predicted molar refractivity (Wildman–Crippen MR) is 81.8 cm³/mol. The highest BCUT2D eigenvalue weighted by Crippen LogP contribution is 2.21. The van der Waals surface area contributed by atoms with E-state index in [4.69, 9.17) is 5.73 Å². The Kier molecular flexibility index (Phi) is 4.12. The topological polar surface area (TPSA) is 55.1 Å². The number of anilines is 2. The van der Waals surface area contributed by atoms with Gasteiger partial charge < -0.3 is 11.1 Å². The van der Waals surface area contributed by atoms with E-state index in [1.165, 1.54) is 0 Å². The van der Waals surface area contributed by atoms with Crippen LogP contribution in [0.1, 0.15) is 15.9 Å². The number of hydrogen-bond acceptors (Lipinski definition) is 3. The SMILES string of the molecule is CSc1cccc(NC(=O)c2cccc(N)c2C)c1. The van der Waals surface area contributed by atoms with Crippen molar-refractivity contribution in [2.45, 2.75) is 11.8 Å². The lowest BCUT2D eigenvalue weighted by Gasteiger charge is -2.10. The van der Waals surface area contributed by atoms with E-state index < -0.39 is 0 Å². The van der Waals surface area contributed by atoms with Crippen LogP contribution in [0, 0.1) is 6.92 Å². The summed E-state index contributed by atoms with van der Waals surface area (Å²) < 4.78 is 0. The van der Waals surface area contributed by atoms with Crippen LogP contribution >= 0.6 is 11.8 Å². The van der Waals surface area contributed by atoms with Gasteiger partial charge >= 0.3 is 0 Å². The van der Waals surface area contributed by atoms with Crippen LogP contribution in [0.15, 0.2) is 47.4 Å². The number of thioether (sulfide) groups is 1. The molecule has 0 aromatic heterocycles. The van der Waals surface area contributed by atoms with Gasteiger partial charge in [-0.05, 0) is 49.1 Å². The van der Waals surface area contributed by atoms with Crippen LogP contribution in [0.25, 0.3) is 0 Å². The number of rotatable bonds is 3. The largest absolute Gasteiger partial charge is 0.398 e. The first-order valence-electron chi connectivity index (χ1n) is 5.92. The number of nitrogens with two attached hydrogens (primary N) is 1. The van der Waals surface area contributed by atoms with Gasteiger partial charge in [0.05, 0.1) is 0 Å². The molecular weight excluding hydrogens is 256 g/mol. The molecule has 0 unspecified atom stereocenters. The Bertz CT molecular complexity index is 611. The van der Waals surface area contributed by atoms with Gasteiger partial charge in [-0.25, -0.2) is 0 Å². The van der Waals surface area contributed by atoms with E-state index in [0.29, 0.717) is 11.3 Å². The number of carbonyl (C=O) groups is 1. The molecule has 2 aromatic carbocycles. The molecular formula is C15H16N2OS. The lowest BCUT2D eigenvalue weighted by atomic mass is 10.1. The second-order valence-corrected chi connectivity index (χ2v) is 5.09. The molecule has 0 bridgehead atoms. The minimum absolute atomic E-state index is 0.136. The Hall–Kier alpha value is -1.94. The first kappa shape index (κ1) is 13.5. The molecule has 3 nitrogen and oxygen atoms in total. The molecule has 0 aliphatic carbocycles. The van der Waals surface area contributed by atoms with E-state index in [-0.39, 0.29) is 5.91 Å². The third-order valence-corrected chi connectivity index (χ3v) is 3.67. The molecule has 2 aromatic rings. The van der Waals surface area contributed by atoms with E-state index in [9.17, 15) is 4.79 Å². The molecule has 3 N–H and O–H groups in total. The fourth-order valence-corrected chi connectivity index (χ4v) is 2.26. The third kappa shape index (κ3) is 3.09. The van der Waals surface area contributed by atoms with Crippen LogP contribution in [0.3, 0.4) is 0 Å². The van der Waals surface area contributed by atoms with Crippen molar-refractivity contribution in [1.29, 1.82) is 0 Å². The molecule has 4 heteroatoms. The number of nitrogen functional groups attached to an aromatic ring is 1. The van der Waals surface area contributed by atoms with Crippen molar-refractivity contribution in [3.63, 3.8) is 0 Å². The summed E-state index contributed by atoms with van der Waals surface area (Å²) >= 11 is 1.64. The molecule has 2 rings (SSSR count). The van der Waals surface area contributed by atoms with Crippen LogP contribution in [0.2, 0.25) is 0 Å². The lowest BCUT2D eigenvalue weighted by molar-refractivity contribution is 0.102. The van der Waals surface area contributed by atoms with Crippen LogP contribution in [0.5, 0.6) is 0 Å². The minimum Gasteiger partial charge on any atom is -0.398 e. The molecule has 0 heterocycles. The monoisotopic (exact) mass is 272 g/mol. The van der Waals surface area contributed by atoms with Gasteiger partial charge in [0.2, 0.25) is 0 Å². The van der Waals surface area contributed by atoms with Crippen molar-refractivity contribution < 1.29 is 4.79 Å². The summed E-state index contributed by atoms with van der Waals surface area (Å²) in [5, 5.41) is 2.89. The maximum Gasteiger partial charge on any atom is 0.256 e. The number of amides is 1. The highest BCUT2D eigenvalue weighted by Gasteiger charge is 2.10. The molecule has 0 spiro atoms. The smallest absolute Gasteiger partial charge is 0.256 e. The van der Waals surface area contributed by atoms with Gasteiger partial charge in [-0.15, -0.1) is 11.8 Å². The maximum atomic E-state index is 12.2. The van der Waals surface area contributed by atoms with Gasteiger partial charge in [-0.1, -0.05) is 12.1 Å². The summed E-state index contributed by atoms with van der Waals surface area (Å²) in [4.78, 5) is 13.3. The number of carbonyl (C=O) groups excluding carboxylic acids is 1. The van der Waals surface area contributed by atoms with Crippen molar-refractivity contribution in [2.75, 3.05) is 17.3 Å². The number of hydrogen-bond donors (Lipinski definition) is 2. The minimum atomic E-state index is -0.136. The zero-order chi connectivity index (χ0) is 13.8. The summed E-state index contributed by atoms with van der Waals surface area (Å²) in [6, 6.07) is 13.1. The van der Waals surface area contributed by atoms with Gasteiger partial charge in [0, 0.05) is 21.8 Å². The zero-order valence-corrected chi connectivity index (χ0v) is 11.8. The van der Waals surface area contributed by atoms with Gasteiger partial charge in [0.1, 0.15) is 0 Å². The van der Waals surface area contributed by atoms with Gasteiger partial charge in [-0.3, -0.25) is 4.79 Å². The first-order chi connectivity index (χ1) is 9.11. The first-order valence-corrected chi connectivity index (χ1v) is 7.15. The van der Waals surface area contributed by atoms with Crippen LogP contribution in [0.4, 0.5) is 11.4 Å². The Labute approximate surface area is 117 Å². The summed E-state index contributed by atoms with van der Waals surface area (Å²) in [7, 11) is 0. The maximum absolute atomic E-state index is 12.2. The molecule has 0 radical (unpaired) electrons. The Morgan fingerprint density at radius 2 is 1.95 bits per heavy atom. The standard InChI is InChI=1S/C15H16N2OS/c1-10-13(7-4-8-14(10)16)15(18)17-11-5-3-6-12(9-11)19-2/h3-9H,16H2,1-2H3,(H,17,18). The van der Waals surface area contributed by atoms with Crippen molar-refractivity contribution in [2.24, 2.45) is 0 Å². The van der Waals surface area contributed by atoms with E-state index in [1.54, 1.807) is 30.0 Å².